The summed E-state index contributed by atoms with van der Waals surface area (Å²) in [5.74, 6) is -0.170. The molecule has 2 aromatic heterocycles. The summed E-state index contributed by atoms with van der Waals surface area (Å²) in [7, 11) is 0. The third-order valence-electron chi connectivity index (χ3n) is 3.07. The third-order valence-corrected chi connectivity index (χ3v) is 4.93. The minimum Gasteiger partial charge on any atom is -0.306 e. The molecule has 3 rings (SSSR count). The van der Waals surface area contributed by atoms with Crippen LogP contribution in [0.4, 0.5) is 4.39 Å². The zero-order valence-corrected chi connectivity index (χ0v) is 12.2. The van der Waals surface area contributed by atoms with Crippen molar-refractivity contribution < 1.29 is 4.39 Å². The van der Waals surface area contributed by atoms with Gasteiger partial charge in [-0.25, -0.2) is 4.39 Å². The standard InChI is InChI=1S/C15H14FNS2/c1-2-17-15(11-5-6-18-9-11)14-7-10-3-4-12(16)8-13(10)19-14/h3-9,15,17H,2H2,1H3. The topological polar surface area (TPSA) is 12.0 Å². The summed E-state index contributed by atoms with van der Waals surface area (Å²) in [6.07, 6.45) is 0. The molecule has 3 aromatic rings. The van der Waals surface area contributed by atoms with Crippen molar-refractivity contribution in [1.29, 1.82) is 0 Å². The Balaban J connectivity index is 2.05. The smallest absolute Gasteiger partial charge is 0.124 e. The summed E-state index contributed by atoms with van der Waals surface area (Å²) >= 11 is 3.36. The number of benzene rings is 1. The zero-order chi connectivity index (χ0) is 13.2. The van der Waals surface area contributed by atoms with Gasteiger partial charge in [0, 0.05) is 9.58 Å². The predicted molar refractivity (Wildman–Crippen MR) is 81.6 cm³/mol. The number of hydrogen-bond donors (Lipinski definition) is 1. The second-order valence-corrected chi connectivity index (χ2v) is 6.27. The molecular weight excluding hydrogens is 277 g/mol. The fourth-order valence-corrected chi connectivity index (χ4v) is 4.07. The van der Waals surface area contributed by atoms with Gasteiger partial charge in [0.15, 0.2) is 0 Å². The molecule has 1 aromatic carbocycles. The van der Waals surface area contributed by atoms with Crippen LogP contribution in [0.25, 0.3) is 10.1 Å². The fraction of sp³-hybridized carbons (Fsp3) is 0.200. The van der Waals surface area contributed by atoms with Gasteiger partial charge in [0.1, 0.15) is 5.82 Å². The van der Waals surface area contributed by atoms with Crippen molar-refractivity contribution in [3.63, 3.8) is 0 Å². The van der Waals surface area contributed by atoms with Gasteiger partial charge < -0.3 is 5.32 Å². The number of halogens is 1. The lowest BCUT2D eigenvalue weighted by molar-refractivity contribution is 0.630. The monoisotopic (exact) mass is 291 g/mol. The highest BCUT2D eigenvalue weighted by molar-refractivity contribution is 7.19. The Labute approximate surface area is 119 Å². The molecule has 2 heterocycles. The van der Waals surface area contributed by atoms with Gasteiger partial charge in [0.2, 0.25) is 0 Å². The first kappa shape index (κ1) is 12.8. The Morgan fingerprint density at radius 2 is 2.16 bits per heavy atom. The maximum absolute atomic E-state index is 13.3. The van der Waals surface area contributed by atoms with E-state index in [-0.39, 0.29) is 11.9 Å². The van der Waals surface area contributed by atoms with E-state index in [1.165, 1.54) is 16.5 Å². The molecule has 1 unspecified atom stereocenters. The highest BCUT2D eigenvalue weighted by atomic mass is 32.1. The summed E-state index contributed by atoms with van der Waals surface area (Å²) in [5.41, 5.74) is 1.28. The molecule has 98 valence electrons. The molecule has 0 radical (unpaired) electrons. The summed E-state index contributed by atoms with van der Waals surface area (Å²) in [5, 5.41) is 8.87. The molecule has 19 heavy (non-hydrogen) atoms. The van der Waals surface area contributed by atoms with Crippen LogP contribution in [-0.2, 0) is 0 Å². The first-order valence-electron chi connectivity index (χ1n) is 6.22. The maximum Gasteiger partial charge on any atom is 0.124 e. The van der Waals surface area contributed by atoms with Crippen LogP contribution in [0.2, 0.25) is 0 Å². The Kier molecular flexibility index (Phi) is 3.64. The van der Waals surface area contributed by atoms with E-state index in [1.807, 2.05) is 6.07 Å². The van der Waals surface area contributed by atoms with Gasteiger partial charge in [-0.15, -0.1) is 11.3 Å². The zero-order valence-electron chi connectivity index (χ0n) is 10.5. The molecule has 0 aliphatic carbocycles. The van der Waals surface area contributed by atoms with Crippen molar-refractivity contribution in [2.75, 3.05) is 6.54 Å². The number of fused-ring (bicyclic) bond motifs is 1. The van der Waals surface area contributed by atoms with E-state index in [1.54, 1.807) is 28.7 Å². The lowest BCUT2D eigenvalue weighted by atomic mass is 10.1. The number of nitrogens with one attached hydrogen (secondary N) is 1. The minimum absolute atomic E-state index is 0.170. The fourth-order valence-electron chi connectivity index (χ4n) is 2.19. The Morgan fingerprint density at radius 1 is 1.26 bits per heavy atom. The molecule has 4 heteroatoms. The molecule has 1 atom stereocenters. The summed E-state index contributed by atoms with van der Waals surface area (Å²) < 4.78 is 14.3. The van der Waals surface area contributed by atoms with Crippen LogP contribution in [0.1, 0.15) is 23.4 Å². The quantitative estimate of drug-likeness (QED) is 0.728. The predicted octanol–water partition coefficient (Wildman–Crippen LogP) is 4.80. The van der Waals surface area contributed by atoms with Crippen molar-refractivity contribution in [1.82, 2.24) is 5.32 Å². The van der Waals surface area contributed by atoms with E-state index < -0.39 is 0 Å². The van der Waals surface area contributed by atoms with E-state index in [0.717, 1.165) is 16.6 Å². The maximum atomic E-state index is 13.3. The first-order valence-corrected chi connectivity index (χ1v) is 7.98. The van der Waals surface area contributed by atoms with Gasteiger partial charge >= 0.3 is 0 Å². The molecule has 1 nitrogen and oxygen atoms in total. The Morgan fingerprint density at radius 3 is 2.89 bits per heavy atom. The van der Waals surface area contributed by atoms with Gasteiger partial charge in [0.25, 0.3) is 0 Å². The molecule has 0 bridgehead atoms. The molecule has 0 saturated heterocycles. The summed E-state index contributed by atoms with van der Waals surface area (Å²) in [6, 6.07) is 9.48. The lowest BCUT2D eigenvalue weighted by Gasteiger charge is -2.14. The van der Waals surface area contributed by atoms with Gasteiger partial charge in [-0.1, -0.05) is 13.0 Å². The normalized spacial score (nSPS) is 12.9. The molecule has 0 spiro atoms. The van der Waals surface area contributed by atoms with Crippen LogP contribution in [0, 0.1) is 5.82 Å². The van der Waals surface area contributed by atoms with Crippen molar-refractivity contribution in [2.24, 2.45) is 0 Å². The van der Waals surface area contributed by atoms with Crippen molar-refractivity contribution in [2.45, 2.75) is 13.0 Å². The van der Waals surface area contributed by atoms with Gasteiger partial charge in [-0.05, 0) is 52.5 Å². The highest BCUT2D eigenvalue weighted by Crippen LogP contribution is 2.34. The highest BCUT2D eigenvalue weighted by Gasteiger charge is 2.16. The van der Waals surface area contributed by atoms with E-state index in [4.69, 9.17) is 0 Å². The summed E-state index contributed by atoms with van der Waals surface area (Å²) in [4.78, 5) is 1.24. The van der Waals surface area contributed by atoms with Crippen LogP contribution >= 0.6 is 22.7 Å². The van der Waals surface area contributed by atoms with Crippen LogP contribution in [-0.4, -0.2) is 6.54 Å². The number of hydrogen-bond acceptors (Lipinski definition) is 3. The van der Waals surface area contributed by atoms with Crippen LogP contribution < -0.4 is 5.32 Å². The number of rotatable bonds is 4. The average molecular weight is 291 g/mol. The Bertz CT molecular complexity index is 673. The van der Waals surface area contributed by atoms with Gasteiger partial charge in [-0.3, -0.25) is 0 Å². The largest absolute Gasteiger partial charge is 0.306 e. The lowest BCUT2D eigenvalue weighted by Crippen LogP contribution is -2.20. The molecule has 0 amide bonds. The molecular formula is C15H14FNS2. The minimum atomic E-state index is -0.170. The van der Waals surface area contributed by atoms with E-state index in [9.17, 15) is 4.39 Å². The molecule has 1 N–H and O–H groups in total. The first-order chi connectivity index (χ1) is 9.28. The average Bonchev–Trinajstić information content (AvgIpc) is 3.04. The van der Waals surface area contributed by atoms with E-state index in [0.29, 0.717) is 0 Å². The van der Waals surface area contributed by atoms with Crippen molar-refractivity contribution >= 4 is 32.8 Å². The van der Waals surface area contributed by atoms with Crippen LogP contribution in [0.3, 0.4) is 0 Å². The van der Waals surface area contributed by atoms with Crippen molar-refractivity contribution in [3.05, 3.63) is 57.3 Å². The molecule has 0 saturated carbocycles. The van der Waals surface area contributed by atoms with E-state index in [2.05, 4.69) is 35.1 Å². The van der Waals surface area contributed by atoms with Crippen molar-refractivity contribution in [3.8, 4) is 0 Å². The van der Waals surface area contributed by atoms with Crippen LogP contribution in [0.5, 0.6) is 0 Å². The van der Waals surface area contributed by atoms with E-state index >= 15 is 0 Å². The number of thiophene rings is 2. The van der Waals surface area contributed by atoms with Crippen LogP contribution in [0.15, 0.2) is 41.1 Å². The van der Waals surface area contributed by atoms with Gasteiger partial charge in [-0.2, -0.15) is 11.3 Å². The second kappa shape index (κ2) is 5.41. The Hall–Kier alpha value is -1.23. The molecule has 0 fully saturated rings. The summed E-state index contributed by atoms with van der Waals surface area (Å²) in [6.45, 7) is 3.01. The SMILES string of the molecule is CCNC(c1ccsc1)c1cc2ccc(F)cc2s1. The molecule has 0 aliphatic rings. The second-order valence-electron chi connectivity index (χ2n) is 4.38. The van der Waals surface area contributed by atoms with Gasteiger partial charge in [0.05, 0.1) is 6.04 Å². The molecule has 0 aliphatic heterocycles. The third kappa shape index (κ3) is 2.56.